The highest BCUT2D eigenvalue weighted by atomic mass is 32.2. The Bertz CT molecular complexity index is 2070. The Kier molecular flexibility index (Phi) is 7.19. The topological polar surface area (TPSA) is 101 Å². The Balaban J connectivity index is 1.56. The van der Waals surface area contributed by atoms with Crippen molar-refractivity contribution in [3.05, 3.63) is 130 Å². The van der Waals surface area contributed by atoms with Crippen LogP contribution in [0, 0.1) is 5.82 Å². The largest absolute Gasteiger partial charge is 0.416 e. The fraction of sp³-hybridized carbons (Fsp3) is 0.188. The maximum Gasteiger partial charge on any atom is 0.416 e. The van der Waals surface area contributed by atoms with Crippen LogP contribution in [-0.2, 0) is 29.2 Å². The number of sulfonamides is 1. The average molecular weight is 624 g/mol. The fourth-order valence-corrected chi connectivity index (χ4v) is 7.10. The lowest BCUT2D eigenvalue weighted by molar-refractivity contribution is -0.137. The lowest BCUT2D eigenvalue weighted by Gasteiger charge is -2.19. The molecule has 6 rings (SSSR count). The van der Waals surface area contributed by atoms with Crippen molar-refractivity contribution in [2.45, 2.75) is 36.7 Å². The van der Waals surface area contributed by atoms with Crippen LogP contribution in [0.15, 0.2) is 95.9 Å². The number of H-pyrrole nitrogens is 1. The zero-order valence-corrected chi connectivity index (χ0v) is 23.8. The quantitative estimate of drug-likeness (QED) is 0.206. The van der Waals surface area contributed by atoms with E-state index in [2.05, 4.69) is 9.71 Å². The fourth-order valence-electron chi connectivity index (χ4n) is 5.55. The molecule has 0 saturated heterocycles. The number of carbonyl (C=O) groups excluding carboxylic acids is 1. The van der Waals surface area contributed by atoms with Gasteiger partial charge in [-0.15, -0.1) is 0 Å². The van der Waals surface area contributed by atoms with Gasteiger partial charge >= 0.3 is 6.18 Å². The van der Waals surface area contributed by atoms with E-state index in [0.717, 1.165) is 23.8 Å². The number of nitrogens with zero attached hydrogens (tertiary/aromatic N) is 1. The molecule has 226 valence electrons. The smallest absolute Gasteiger partial charge is 0.331 e. The molecule has 0 unspecified atom stereocenters. The number of nitrogens with one attached hydrogen (secondary N) is 2. The SMILES string of the molecule is O=C(NS(=O)(=O)C1(Cc2ccccc2)CC1)c1c(-c2ccc[nH]c2=O)c2cc(C(F)(F)F)ccc2n1Cc1ccccc1F. The molecule has 3 aromatic carbocycles. The molecule has 5 aromatic rings. The number of halogens is 4. The van der Waals surface area contributed by atoms with Crippen LogP contribution >= 0.6 is 0 Å². The Morgan fingerprint density at radius 2 is 1.66 bits per heavy atom. The number of carbonyl (C=O) groups is 1. The zero-order chi connectivity index (χ0) is 31.3. The van der Waals surface area contributed by atoms with Crippen molar-refractivity contribution < 1.29 is 30.8 Å². The highest BCUT2D eigenvalue weighted by molar-refractivity contribution is 7.91. The van der Waals surface area contributed by atoms with Gasteiger partial charge in [-0.2, -0.15) is 13.2 Å². The van der Waals surface area contributed by atoms with E-state index < -0.39 is 49.5 Å². The van der Waals surface area contributed by atoms with Gasteiger partial charge in [0.15, 0.2) is 0 Å². The second kappa shape index (κ2) is 10.8. The van der Waals surface area contributed by atoms with Crippen LogP contribution in [0.4, 0.5) is 17.6 Å². The van der Waals surface area contributed by atoms with Crippen LogP contribution in [-0.4, -0.2) is 28.6 Å². The van der Waals surface area contributed by atoms with Crippen molar-refractivity contribution in [1.29, 1.82) is 0 Å². The molecule has 2 aromatic heterocycles. The second-order valence-electron chi connectivity index (χ2n) is 10.8. The van der Waals surface area contributed by atoms with E-state index in [0.29, 0.717) is 12.8 Å². The Morgan fingerprint density at radius 3 is 2.32 bits per heavy atom. The number of aromatic nitrogens is 2. The number of pyridine rings is 1. The first-order valence-electron chi connectivity index (χ1n) is 13.7. The van der Waals surface area contributed by atoms with Gasteiger partial charge in [0.1, 0.15) is 11.5 Å². The molecule has 0 atom stereocenters. The number of hydrogen-bond donors (Lipinski definition) is 2. The van der Waals surface area contributed by atoms with Crippen LogP contribution in [0.1, 0.15) is 40.0 Å². The van der Waals surface area contributed by atoms with Gasteiger partial charge in [-0.25, -0.2) is 17.5 Å². The molecule has 12 heteroatoms. The van der Waals surface area contributed by atoms with Crippen molar-refractivity contribution in [2.24, 2.45) is 0 Å². The molecule has 1 amide bonds. The normalized spacial score (nSPS) is 14.5. The zero-order valence-electron chi connectivity index (χ0n) is 23.0. The number of aromatic amines is 1. The summed E-state index contributed by atoms with van der Waals surface area (Å²) in [6.07, 6.45) is -2.71. The molecule has 1 saturated carbocycles. The molecule has 1 aliphatic carbocycles. The molecule has 2 N–H and O–H groups in total. The average Bonchev–Trinajstić information content (AvgIpc) is 3.70. The molecule has 7 nitrogen and oxygen atoms in total. The summed E-state index contributed by atoms with van der Waals surface area (Å²) in [7, 11) is -4.32. The monoisotopic (exact) mass is 623 g/mol. The third-order valence-electron chi connectivity index (χ3n) is 7.95. The van der Waals surface area contributed by atoms with Crippen molar-refractivity contribution in [2.75, 3.05) is 0 Å². The van der Waals surface area contributed by atoms with Crippen LogP contribution in [0.2, 0.25) is 0 Å². The molecule has 1 aliphatic rings. The van der Waals surface area contributed by atoms with E-state index in [-0.39, 0.29) is 40.6 Å². The predicted molar refractivity (Wildman–Crippen MR) is 157 cm³/mol. The molecular formula is C32H25F4N3O4S. The third kappa shape index (κ3) is 5.30. The second-order valence-corrected chi connectivity index (χ2v) is 12.9. The number of fused-ring (bicyclic) bond motifs is 1. The highest BCUT2D eigenvalue weighted by Crippen LogP contribution is 2.46. The molecule has 0 aliphatic heterocycles. The van der Waals surface area contributed by atoms with E-state index in [9.17, 15) is 35.6 Å². The molecule has 1 fully saturated rings. The van der Waals surface area contributed by atoms with Gasteiger partial charge in [0.05, 0.1) is 16.9 Å². The van der Waals surface area contributed by atoms with Gasteiger partial charge in [0, 0.05) is 33.8 Å². The first kappa shape index (κ1) is 29.4. The molecule has 0 radical (unpaired) electrons. The molecule has 44 heavy (non-hydrogen) atoms. The highest BCUT2D eigenvalue weighted by Gasteiger charge is 2.55. The van der Waals surface area contributed by atoms with Crippen LogP contribution in [0.5, 0.6) is 0 Å². The lowest BCUT2D eigenvalue weighted by atomic mass is 10.0. The summed E-state index contributed by atoms with van der Waals surface area (Å²) in [5, 5.41) is -0.124. The Labute approximate surface area is 249 Å². The molecule has 0 spiro atoms. The minimum absolute atomic E-state index is 0.0764. The number of alkyl halides is 3. The summed E-state index contributed by atoms with van der Waals surface area (Å²) < 4.78 is 86.0. The van der Waals surface area contributed by atoms with Crippen LogP contribution in [0.3, 0.4) is 0 Å². The Morgan fingerprint density at radius 1 is 0.955 bits per heavy atom. The van der Waals surface area contributed by atoms with Gasteiger partial charge in [-0.05, 0) is 61.2 Å². The van der Waals surface area contributed by atoms with E-state index in [1.54, 1.807) is 36.4 Å². The summed E-state index contributed by atoms with van der Waals surface area (Å²) in [5.74, 6) is -1.79. The first-order valence-corrected chi connectivity index (χ1v) is 15.1. The van der Waals surface area contributed by atoms with Crippen molar-refractivity contribution >= 4 is 26.8 Å². The summed E-state index contributed by atoms with van der Waals surface area (Å²) in [5.41, 5.74) is -1.58. The standard InChI is InChI=1S/C32H25F4N3O4S/c33-25-11-5-4-9-21(25)19-39-26-13-12-22(32(34,35)36)17-24(26)27(23-10-6-16-37-29(23)40)28(39)30(41)38-44(42,43)31(14-15-31)18-20-7-2-1-3-8-20/h1-13,16-17H,14-15,18-19H2,(H,37,40)(H,38,41). The maximum atomic E-state index is 14.9. The van der Waals surface area contributed by atoms with Gasteiger partial charge in [-0.1, -0.05) is 48.5 Å². The van der Waals surface area contributed by atoms with Crippen molar-refractivity contribution in [3.63, 3.8) is 0 Å². The first-order chi connectivity index (χ1) is 20.9. The predicted octanol–water partition coefficient (Wildman–Crippen LogP) is 6.04. The number of benzene rings is 3. The minimum atomic E-state index is -4.76. The minimum Gasteiger partial charge on any atom is -0.331 e. The van der Waals surface area contributed by atoms with Gasteiger partial charge in [-0.3, -0.25) is 9.59 Å². The number of amides is 1. The van der Waals surface area contributed by atoms with E-state index in [1.165, 1.54) is 41.1 Å². The van der Waals surface area contributed by atoms with Crippen molar-refractivity contribution in [1.82, 2.24) is 14.3 Å². The number of rotatable bonds is 8. The van der Waals surface area contributed by atoms with E-state index >= 15 is 0 Å². The van der Waals surface area contributed by atoms with Gasteiger partial charge < -0.3 is 9.55 Å². The lowest BCUT2D eigenvalue weighted by Crippen LogP contribution is -2.42. The maximum absolute atomic E-state index is 14.9. The summed E-state index contributed by atoms with van der Waals surface area (Å²) in [6.45, 7) is -0.336. The number of hydrogen-bond acceptors (Lipinski definition) is 4. The van der Waals surface area contributed by atoms with Crippen LogP contribution < -0.4 is 10.3 Å². The van der Waals surface area contributed by atoms with E-state index in [4.69, 9.17) is 0 Å². The van der Waals surface area contributed by atoms with Crippen molar-refractivity contribution in [3.8, 4) is 11.1 Å². The van der Waals surface area contributed by atoms with Gasteiger partial charge in [0.2, 0.25) is 10.0 Å². The summed E-state index contributed by atoms with van der Waals surface area (Å²) >= 11 is 0. The summed E-state index contributed by atoms with van der Waals surface area (Å²) in [6, 6.07) is 20.1. The summed E-state index contributed by atoms with van der Waals surface area (Å²) in [4.78, 5) is 29.6. The molecule has 0 bridgehead atoms. The van der Waals surface area contributed by atoms with Crippen LogP contribution in [0.25, 0.3) is 22.0 Å². The molecular weight excluding hydrogens is 598 g/mol. The Hall–Kier alpha value is -4.71. The van der Waals surface area contributed by atoms with E-state index in [1.807, 2.05) is 0 Å². The third-order valence-corrected chi connectivity index (χ3v) is 10.1. The molecule has 2 heterocycles. The van der Waals surface area contributed by atoms with Gasteiger partial charge in [0.25, 0.3) is 11.5 Å².